The van der Waals surface area contributed by atoms with Crippen LogP contribution in [0.1, 0.15) is 27.7 Å². The van der Waals surface area contributed by atoms with E-state index in [0.717, 1.165) is 7.11 Å². The number of para-hydroxylation sites is 1. The van der Waals surface area contributed by atoms with E-state index in [0.29, 0.717) is 12.3 Å². The van der Waals surface area contributed by atoms with Crippen molar-refractivity contribution in [2.24, 2.45) is 5.41 Å². The lowest BCUT2D eigenvalue weighted by Gasteiger charge is -2.31. The van der Waals surface area contributed by atoms with Crippen molar-refractivity contribution < 1.29 is 28.1 Å². The SMILES string of the molecule is COP(=O)(O)OC(=O)[C@H](C)N(OCC(C)(C)C)c1ccccc1. The van der Waals surface area contributed by atoms with Gasteiger partial charge in [-0.05, 0) is 24.5 Å². The molecule has 0 saturated carbocycles. The van der Waals surface area contributed by atoms with E-state index in [4.69, 9.17) is 4.84 Å². The van der Waals surface area contributed by atoms with Gasteiger partial charge < -0.3 is 4.52 Å². The van der Waals surface area contributed by atoms with Gasteiger partial charge in [0.15, 0.2) is 6.04 Å². The highest BCUT2D eigenvalue weighted by atomic mass is 31.2. The van der Waals surface area contributed by atoms with E-state index in [1.165, 1.54) is 12.0 Å². The van der Waals surface area contributed by atoms with Gasteiger partial charge in [0.2, 0.25) is 0 Å². The quantitative estimate of drug-likeness (QED) is 0.600. The first kappa shape index (κ1) is 19.6. The second kappa shape index (κ2) is 7.93. The number of hydroxylamine groups is 1. The second-order valence-electron chi connectivity index (χ2n) is 6.23. The zero-order valence-electron chi connectivity index (χ0n) is 14.1. The van der Waals surface area contributed by atoms with Crippen LogP contribution in [0.3, 0.4) is 0 Å². The van der Waals surface area contributed by atoms with Gasteiger partial charge in [0.05, 0.1) is 12.3 Å². The maximum absolute atomic E-state index is 12.1. The summed E-state index contributed by atoms with van der Waals surface area (Å²) < 4.78 is 20.2. The first-order valence-corrected chi connectivity index (χ1v) is 8.64. The van der Waals surface area contributed by atoms with Crippen LogP contribution < -0.4 is 5.06 Å². The normalized spacial score (nSPS) is 15.6. The van der Waals surface area contributed by atoms with Crippen molar-refractivity contribution in [1.82, 2.24) is 0 Å². The van der Waals surface area contributed by atoms with Gasteiger partial charge in [-0.25, -0.2) is 14.4 Å². The Bertz CT molecular complexity index is 557. The molecule has 0 aliphatic carbocycles. The van der Waals surface area contributed by atoms with Crippen LogP contribution in [-0.4, -0.2) is 30.6 Å². The number of anilines is 1. The zero-order chi connectivity index (χ0) is 17.7. The minimum atomic E-state index is -4.40. The fourth-order valence-electron chi connectivity index (χ4n) is 1.57. The molecule has 1 unspecified atom stereocenters. The van der Waals surface area contributed by atoms with E-state index in [-0.39, 0.29) is 5.41 Å². The number of phosphoric acid groups is 1. The molecule has 130 valence electrons. The van der Waals surface area contributed by atoms with Gasteiger partial charge in [-0.1, -0.05) is 39.0 Å². The third kappa shape index (κ3) is 6.71. The molecule has 1 aromatic carbocycles. The molecule has 0 radical (unpaired) electrons. The van der Waals surface area contributed by atoms with Crippen molar-refractivity contribution in [3.8, 4) is 0 Å². The summed E-state index contributed by atoms with van der Waals surface area (Å²) >= 11 is 0. The van der Waals surface area contributed by atoms with Gasteiger partial charge in [0.25, 0.3) is 0 Å². The Morgan fingerprint density at radius 3 is 2.35 bits per heavy atom. The molecule has 8 heteroatoms. The third-order valence-corrected chi connectivity index (χ3v) is 3.65. The summed E-state index contributed by atoms with van der Waals surface area (Å²) in [4.78, 5) is 27.1. The minimum Gasteiger partial charge on any atom is -0.369 e. The number of phosphoric ester groups is 1. The van der Waals surface area contributed by atoms with Gasteiger partial charge in [-0.2, -0.15) is 0 Å². The van der Waals surface area contributed by atoms with Crippen LogP contribution in [0.25, 0.3) is 0 Å². The summed E-state index contributed by atoms with van der Waals surface area (Å²) in [5.74, 6) is -0.921. The standard InChI is InChI=1S/C15H24NO6P/c1-12(14(17)22-23(18,19)20-5)16(21-11-15(2,3)4)13-9-7-6-8-10-13/h6-10,12H,11H2,1-5H3,(H,18,19)/t12-/m0/s1. The van der Waals surface area contributed by atoms with Gasteiger partial charge >= 0.3 is 13.8 Å². The largest absolute Gasteiger partial charge is 0.529 e. The monoisotopic (exact) mass is 345 g/mol. The smallest absolute Gasteiger partial charge is 0.369 e. The number of rotatable bonds is 7. The maximum atomic E-state index is 12.1. The fraction of sp³-hybridized carbons (Fsp3) is 0.533. The third-order valence-electron chi connectivity index (χ3n) is 2.78. The Morgan fingerprint density at radius 2 is 1.87 bits per heavy atom. The maximum Gasteiger partial charge on any atom is 0.529 e. The van der Waals surface area contributed by atoms with Crippen LogP contribution in [0.15, 0.2) is 30.3 Å². The van der Waals surface area contributed by atoms with Crippen molar-refractivity contribution in [3.63, 3.8) is 0 Å². The molecule has 0 aromatic heterocycles. The molecule has 0 bridgehead atoms. The number of carbonyl (C=O) groups is 1. The number of benzene rings is 1. The summed E-state index contributed by atoms with van der Waals surface area (Å²) in [5.41, 5.74) is 0.501. The van der Waals surface area contributed by atoms with E-state index in [1.54, 1.807) is 24.3 Å². The first-order valence-electron chi connectivity index (χ1n) is 7.15. The van der Waals surface area contributed by atoms with Crippen LogP contribution in [0.2, 0.25) is 0 Å². The summed E-state index contributed by atoms with van der Waals surface area (Å²) in [5, 5.41) is 1.36. The molecule has 1 rings (SSSR count). The average Bonchev–Trinajstić information content (AvgIpc) is 2.46. The Kier molecular flexibility index (Phi) is 6.77. The van der Waals surface area contributed by atoms with Crippen LogP contribution in [0.4, 0.5) is 5.69 Å². The molecule has 1 aromatic rings. The average molecular weight is 345 g/mol. The number of hydrogen-bond acceptors (Lipinski definition) is 6. The second-order valence-corrected chi connectivity index (χ2v) is 7.72. The van der Waals surface area contributed by atoms with Crippen molar-refractivity contribution in [2.45, 2.75) is 33.7 Å². The molecule has 0 heterocycles. The Balaban J connectivity index is 2.95. The van der Waals surface area contributed by atoms with Crippen molar-refractivity contribution in [1.29, 1.82) is 0 Å². The van der Waals surface area contributed by atoms with E-state index >= 15 is 0 Å². The summed E-state index contributed by atoms with van der Waals surface area (Å²) in [7, 11) is -3.41. The topological polar surface area (TPSA) is 85.3 Å². The first-order chi connectivity index (χ1) is 10.6. The van der Waals surface area contributed by atoms with Crippen LogP contribution in [0.5, 0.6) is 0 Å². The molecule has 0 saturated heterocycles. The lowest BCUT2D eigenvalue weighted by molar-refractivity contribution is -0.139. The molecule has 23 heavy (non-hydrogen) atoms. The Morgan fingerprint density at radius 1 is 1.30 bits per heavy atom. The molecule has 0 aliphatic rings. The molecular formula is C15H24NO6P. The van der Waals surface area contributed by atoms with E-state index in [1.807, 2.05) is 26.8 Å². The van der Waals surface area contributed by atoms with E-state index in [9.17, 15) is 14.3 Å². The van der Waals surface area contributed by atoms with Crippen LogP contribution in [-0.2, 0) is 23.2 Å². The molecule has 0 spiro atoms. The highest BCUT2D eigenvalue weighted by molar-refractivity contribution is 7.48. The van der Waals surface area contributed by atoms with E-state index < -0.39 is 19.8 Å². The lowest BCUT2D eigenvalue weighted by Crippen LogP contribution is -2.41. The summed E-state index contributed by atoms with van der Waals surface area (Å²) in [6, 6.07) is 8.03. The molecule has 1 N–H and O–H groups in total. The van der Waals surface area contributed by atoms with Gasteiger partial charge in [-0.3, -0.25) is 14.3 Å². The molecule has 2 atom stereocenters. The molecule has 0 amide bonds. The lowest BCUT2D eigenvalue weighted by atomic mass is 9.99. The van der Waals surface area contributed by atoms with Crippen molar-refractivity contribution in [3.05, 3.63) is 30.3 Å². The van der Waals surface area contributed by atoms with Gasteiger partial charge in [0.1, 0.15) is 0 Å². The highest BCUT2D eigenvalue weighted by Crippen LogP contribution is 2.42. The predicted molar refractivity (Wildman–Crippen MR) is 86.7 cm³/mol. The minimum absolute atomic E-state index is 0.130. The Hall–Kier alpha value is -1.40. The summed E-state index contributed by atoms with van der Waals surface area (Å²) in [6.07, 6.45) is 0. The number of nitrogens with zero attached hydrogens (tertiary/aromatic N) is 1. The van der Waals surface area contributed by atoms with Gasteiger partial charge in [-0.15, -0.1) is 0 Å². The van der Waals surface area contributed by atoms with Gasteiger partial charge in [0, 0.05) is 7.11 Å². The number of carbonyl (C=O) groups excluding carboxylic acids is 1. The van der Waals surface area contributed by atoms with E-state index in [2.05, 4.69) is 9.05 Å². The zero-order valence-corrected chi connectivity index (χ0v) is 14.9. The fourth-order valence-corrected chi connectivity index (χ4v) is 2.03. The predicted octanol–water partition coefficient (Wildman–Crippen LogP) is 3.15. The Labute approximate surface area is 136 Å². The molecule has 0 aliphatic heterocycles. The van der Waals surface area contributed by atoms with Crippen molar-refractivity contribution in [2.75, 3.05) is 18.8 Å². The highest BCUT2D eigenvalue weighted by Gasteiger charge is 2.32. The number of hydrogen-bond donors (Lipinski definition) is 1. The molecule has 7 nitrogen and oxygen atoms in total. The van der Waals surface area contributed by atoms with Crippen LogP contribution in [0, 0.1) is 5.41 Å². The molecular weight excluding hydrogens is 321 g/mol. The summed E-state index contributed by atoms with van der Waals surface area (Å²) in [6.45, 7) is 7.85. The van der Waals surface area contributed by atoms with Crippen molar-refractivity contribution >= 4 is 19.5 Å². The van der Waals surface area contributed by atoms with Crippen LogP contribution >= 0.6 is 7.82 Å². The molecule has 0 fully saturated rings.